The molecule has 0 aliphatic carbocycles. The minimum Gasteiger partial charge on any atom is -0.454 e. The monoisotopic (exact) mass is 235 g/mol. The normalized spacial score (nSPS) is 13.6. The average molecular weight is 235 g/mol. The number of nitrogens with one attached hydrogen (secondary N) is 1. The van der Waals surface area contributed by atoms with Gasteiger partial charge in [0.25, 0.3) is 0 Å². The van der Waals surface area contributed by atoms with Crippen molar-refractivity contribution >= 4 is 5.91 Å². The van der Waals surface area contributed by atoms with Gasteiger partial charge in [-0.2, -0.15) is 0 Å². The zero-order valence-electron chi connectivity index (χ0n) is 10.4. The van der Waals surface area contributed by atoms with Crippen molar-refractivity contribution in [2.45, 2.75) is 32.7 Å². The van der Waals surface area contributed by atoms with Crippen LogP contribution in [0.2, 0.25) is 0 Å². The zero-order chi connectivity index (χ0) is 12.5. The summed E-state index contributed by atoms with van der Waals surface area (Å²) in [5.41, 5.74) is 0.647. The van der Waals surface area contributed by atoms with Crippen molar-refractivity contribution in [3.8, 4) is 11.5 Å². The van der Waals surface area contributed by atoms with Crippen molar-refractivity contribution in [3.63, 3.8) is 0 Å². The van der Waals surface area contributed by atoms with E-state index in [0.717, 1.165) is 5.56 Å². The van der Waals surface area contributed by atoms with E-state index in [4.69, 9.17) is 9.47 Å². The fourth-order valence-corrected chi connectivity index (χ4v) is 1.77. The van der Waals surface area contributed by atoms with E-state index in [1.165, 1.54) is 0 Å². The molecular weight excluding hydrogens is 218 g/mol. The third kappa shape index (κ3) is 2.90. The minimum absolute atomic E-state index is 0.0126. The molecule has 1 aliphatic heterocycles. The zero-order valence-corrected chi connectivity index (χ0v) is 10.4. The summed E-state index contributed by atoms with van der Waals surface area (Å²) in [7, 11) is 0. The van der Waals surface area contributed by atoms with Gasteiger partial charge in [-0.15, -0.1) is 0 Å². The fourth-order valence-electron chi connectivity index (χ4n) is 1.77. The van der Waals surface area contributed by atoms with Gasteiger partial charge in [0, 0.05) is 11.1 Å². The van der Waals surface area contributed by atoms with Crippen LogP contribution >= 0.6 is 0 Å². The van der Waals surface area contributed by atoms with Crippen molar-refractivity contribution in [3.05, 3.63) is 23.8 Å². The standard InChI is InChI=1S/C13H17NO3/c1-13(2,3)14-11(15)7-9-5-4-6-10-12(9)17-8-16-10/h4-6H,7-8H2,1-3H3,(H,14,15). The van der Waals surface area contributed by atoms with E-state index in [-0.39, 0.29) is 18.2 Å². The highest BCUT2D eigenvalue weighted by atomic mass is 16.7. The van der Waals surface area contributed by atoms with Crippen LogP contribution in [0.15, 0.2) is 18.2 Å². The van der Waals surface area contributed by atoms with E-state index in [1.807, 2.05) is 39.0 Å². The quantitative estimate of drug-likeness (QED) is 0.851. The number of rotatable bonds is 2. The lowest BCUT2D eigenvalue weighted by molar-refractivity contribution is -0.121. The molecule has 0 radical (unpaired) electrons. The number of ether oxygens (including phenoxy) is 2. The summed E-state index contributed by atoms with van der Waals surface area (Å²) in [6.07, 6.45) is 0.309. The molecule has 17 heavy (non-hydrogen) atoms. The minimum atomic E-state index is -0.216. The van der Waals surface area contributed by atoms with Crippen molar-refractivity contribution in [2.75, 3.05) is 6.79 Å². The first-order valence-corrected chi connectivity index (χ1v) is 5.64. The van der Waals surface area contributed by atoms with Crippen LogP contribution in [0, 0.1) is 0 Å². The Balaban J connectivity index is 2.10. The predicted octanol–water partition coefficient (Wildman–Crippen LogP) is 1.87. The second kappa shape index (κ2) is 4.28. The summed E-state index contributed by atoms with van der Waals surface area (Å²) >= 11 is 0. The van der Waals surface area contributed by atoms with E-state index in [9.17, 15) is 4.79 Å². The van der Waals surface area contributed by atoms with Crippen molar-refractivity contribution < 1.29 is 14.3 Å². The smallest absolute Gasteiger partial charge is 0.231 e. The summed E-state index contributed by atoms with van der Waals surface area (Å²) in [5.74, 6) is 1.39. The highest BCUT2D eigenvalue weighted by Gasteiger charge is 2.20. The molecule has 0 unspecified atom stereocenters. The SMILES string of the molecule is CC(C)(C)NC(=O)Cc1cccc2c1OCO2. The molecule has 1 aromatic rings. The van der Waals surface area contributed by atoms with Gasteiger partial charge in [0.2, 0.25) is 12.7 Å². The second-order valence-corrected chi connectivity index (χ2v) is 5.13. The lowest BCUT2D eigenvalue weighted by Gasteiger charge is -2.20. The molecule has 92 valence electrons. The van der Waals surface area contributed by atoms with Crippen LogP contribution in [0.3, 0.4) is 0 Å². The topological polar surface area (TPSA) is 47.6 Å². The first-order valence-electron chi connectivity index (χ1n) is 5.64. The molecule has 1 heterocycles. The number of carbonyl (C=O) groups excluding carboxylic acids is 1. The Morgan fingerprint density at radius 1 is 1.35 bits per heavy atom. The third-order valence-electron chi connectivity index (χ3n) is 2.34. The molecule has 0 saturated heterocycles. The maximum Gasteiger partial charge on any atom is 0.231 e. The van der Waals surface area contributed by atoms with Crippen molar-refractivity contribution in [1.29, 1.82) is 0 Å². The Morgan fingerprint density at radius 2 is 2.12 bits per heavy atom. The molecule has 0 atom stereocenters. The third-order valence-corrected chi connectivity index (χ3v) is 2.34. The number of benzene rings is 1. The largest absolute Gasteiger partial charge is 0.454 e. The highest BCUT2D eigenvalue weighted by molar-refractivity contribution is 5.80. The van der Waals surface area contributed by atoms with Crippen LogP contribution in [0.5, 0.6) is 11.5 Å². The van der Waals surface area contributed by atoms with Crippen LogP contribution < -0.4 is 14.8 Å². The molecule has 1 aromatic carbocycles. The van der Waals surface area contributed by atoms with Gasteiger partial charge in [-0.05, 0) is 26.8 Å². The Hall–Kier alpha value is -1.71. The Morgan fingerprint density at radius 3 is 2.82 bits per heavy atom. The summed E-state index contributed by atoms with van der Waals surface area (Å²) in [6.45, 7) is 6.10. The number of hydrogen-bond donors (Lipinski definition) is 1. The van der Waals surface area contributed by atoms with E-state index in [1.54, 1.807) is 0 Å². The summed E-state index contributed by atoms with van der Waals surface area (Å²) in [5, 5.41) is 2.92. The van der Waals surface area contributed by atoms with Gasteiger partial charge in [0.05, 0.1) is 6.42 Å². The molecule has 1 aliphatic rings. The molecule has 0 aromatic heterocycles. The van der Waals surface area contributed by atoms with Gasteiger partial charge in [-0.25, -0.2) is 0 Å². The van der Waals surface area contributed by atoms with E-state index in [2.05, 4.69) is 5.32 Å². The van der Waals surface area contributed by atoms with Crippen LogP contribution in [0.1, 0.15) is 26.3 Å². The Bertz CT molecular complexity index is 435. The van der Waals surface area contributed by atoms with Gasteiger partial charge in [0.15, 0.2) is 11.5 Å². The number of carbonyl (C=O) groups is 1. The molecule has 4 nitrogen and oxygen atoms in total. The van der Waals surface area contributed by atoms with E-state index >= 15 is 0 Å². The molecule has 4 heteroatoms. The maximum absolute atomic E-state index is 11.8. The molecular formula is C13H17NO3. The lowest BCUT2D eigenvalue weighted by Crippen LogP contribution is -2.41. The maximum atomic E-state index is 11.8. The second-order valence-electron chi connectivity index (χ2n) is 5.13. The van der Waals surface area contributed by atoms with Crippen LogP contribution in [-0.2, 0) is 11.2 Å². The van der Waals surface area contributed by atoms with E-state index < -0.39 is 0 Å². The molecule has 0 fully saturated rings. The summed E-state index contributed by atoms with van der Waals surface area (Å²) < 4.78 is 10.6. The van der Waals surface area contributed by atoms with Gasteiger partial charge in [-0.3, -0.25) is 4.79 Å². The summed E-state index contributed by atoms with van der Waals surface area (Å²) in [6, 6.07) is 5.59. The predicted molar refractivity (Wildman–Crippen MR) is 64.2 cm³/mol. The van der Waals surface area contributed by atoms with Crippen molar-refractivity contribution in [2.24, 2.45) is 0 Å². The Kier molecular flexibility index (Phi) is 2.96. The molecule has 1 amide bonds. The highest BCUT2D eigenvalue weighted by Crippen LogP contribution is 2.35. The molecule has 0 bridgehead atoms. The van der Waals surface area contributed by atoms with Gasteiger partial charge in [0.1, 0.15) is 0 Å². The van der Waals surface area contributed by atoms with Gasteiger partial charge >= 0.3 is 0 Å². The number of para-hydroxylation sites is 1. The number of amides is 1. The molecule has 0 saturated carbocycles. The van der Waals surface area contributed by atoms with Crippen LogP contribution in [-0.4, -0.2) is 18.2 Å². The van der Waals surface area contributed by atoms with E-state index in [0.29, 0.717) is 17.9 Å². The first-order chi connectivity index (χ1) is 7.96. The first kappa shape index (κ1) is 11.8. The van der Waals surface area contributed by atoms with Crippen molar-refractivity contribution in [1.82, 2.24) is 5.32 Å². The van der Waals surface area contributed by atoms with Crippen LogP contribution in [0.4, 0.5) is 0 Å². The molecule has 0 spiro atoms. The lowest BCUT2D eigenvalue weighted by atomic mass is 10.1. The Labute approximate surface area is 101 Å². The summed E-state index contributed by atoms with van der Waals surface area (Å²) in [4.78, 5) is 11.8. The molecule has 2 rings (SSSR count). The number of hydrogen-bond acceptors (Lipinski definition) is 3. The number of fused-ring (bicyclic) bond motifs is 1. The molecule has 1 N–H and O–H groups in total. The average Bonchev–Trinajstić information content (AvgIpc) is 2.63. The van der Waals surface area contributed by atoms with Crippen LogP contribution in [0.25, 0.3) is 0 Å². The fraction of sp³-hybridized carbons (Fsp3) is 0.462. The van der Waals surface area contributed by atoms with Gasteiger partial charge in [-0.1, -0.05) is 12.1 Å². The van der Waals surface area contributed by atoms with Gasteiger partial charge < -0.3 is 14.8 Å².